The van der Waals surface area contributed by atoms with E-state index in [1.54, 1.807) is 29.2 Å². The van der Waals surface area contributed by atoms with Crippen molar-refractivity contribution in [3.63, 3.8) is 0 Å². The summed E-state index contributed by atoms with van der Waals surface area (Å²) in [7, 11) is 0. The summed E-state index contributed by atoms with van der Waals surface area (Å²) < 4.78 is 6.42. The number of carbonyl (C=O) groups is 3. The van der Waals surface area contributed by atoms with Crippen LogP contribution in [0.15, 0.2) is 42.5 Å². The molecule has 0 N–H and O–H groups in total. The third-order valence-corrected chi connectivity index (χ3v) is 7.10. The predicted octanol–water partition coefficient (Wildman–Crippen LogP) is 2.57. The first-order valence-electron chi connectivity index (χ1n) is 10.9. The Morgan fingerprint density at radius 3 is 2.42 bits per heavy atom. The van der Waals surface area contributed by atoms with Crippen LogP contribution in [0.2, 0.25) is 0 Å². The molecule has 5 rings (SSSR count). The largest absolute Gasteiger partial charge is 0.379 e. The Balaban J connectivity index is 1.40. The summed E-state index contributed by atoms with van der Waals surface area (Å²) in [5.41, 5.74) is 2.58. The number of thiazole rings is 1. The second kappa shape index (κ2) is 9.01. The van der Waals surface area contributed by atoms with E-state index in [2.05, 4.69) is 4.90 Å². The van der Waals surface area contributed by atoms with E-state index in [0.717, 1.165) is 33.8 Å². The molecule has 0 unspecified atom stereocenters. The lowest BCUT2D eigenvalue weighted by atomic mass is 10.1. The number of benzene rings is 2. The summed E-state index contributed by atoms with van der Waals surface area (Å²) >= 11 is 1.44. The minimum atomic E-state index is -0.433. The van der Waals surface area contributed by atoms with Crippen LogP contribution < -0.4 is 4.90 Å². The van der Waals surface area contributed by atoms with Gasteiger partial charge in [0.25, 0.3) is 11.8 Å². The maximum absolute atomic E-state index is 13.5. The molecule has 0 saturated carbocycles. The molecule has 2 aromatic carbocycles. The summed E-state index contributed by atoms with van der Waals surface area (Å²) in [6.07, 6.45) is 0. The number of imide groups is 1. The first kappa shape index (κ1) is 21.7. The first-order chi connectivity index (χ1) is 16.0. The molecule has 1 aromatic heterocycles. The monoisotopic (exact) mass is 464 g/mol. The number of rotatable bonds is 6. The Morgan fingerprint density at radius 2 is 1.76 bits per heavy atom. The van der Waals surface area contributed by atoms with Gasteiger partial charge >= 0.3 is 0 Å². The summed E-state index contributed by atoms with van der Waals surface area (Å²) in [5, 5.41) is 0.578. The number of amides is 3. The van der Waals surface area contributed by atoms with Crippen LogP contribution in [0.1, 0.15) is 26.3 Å². The standard InChI is InChI=1S/C24H24N4O4S/c1-16-5-4-8-19-21(16)25-24(33-19)27(10-9-26-11-13-32-14-12-26)20(29)15-28-22(30)17-6-2-3-7-18(17)23(28)31/h2-8H,9-15H2,1H3. The van der Waals surface area contributed by atoms with Gasteiger partial charge in [0.2, 0.25) is 5.91 Å². The van der Waals surface area contributed by atoms with Crippen LogP contribution in [0, 0.1) is 6.92 Å². The maximum Gasteiger partial charge on any atom is 0.262 e. The van der Waals surface area contributed by atoms with Crippen molar-refractivity contribution in [1.82, 2.24) is 14.8 Å². The van der Waals surface area contributed by atoms with Gasteiger partial charge in [-0.3, -0.25) is 29.1 Å². The van der Waals surface area contributed by atoms with Gasteiger partial charge in [0.15, 0.2) is 5.13 Å². The van der Waals surface area contributed by atoms with Crippen molar-refractivity contribution in [3.05, 3.63) is 59.2 Å². The highest BCUT2D eigenvalue weighted by Crippen LogP contribution is 2.31. The molecule has 0 spiro atoms. The van der Waals surface area contributed by atoms with Crippen LogP contribution >= 0.6 is 11.3 Å². The molecule has 0 atom stereocenters. The molecule has 3 aromatic rings. The number of hydrogen-bond donors (Lipinski definition) is 0. The fourth-order valence-corrected chi connectivity index (χ4v) is 5.27. The van der Waals surface area contributed by atoms with E-state index in [-0.39, 0.29) is 12.5 Å². The number of para-hydroxylation sites is 1. The Bertz CT molecular complexity index is 1200. The van der Waals surface area contributed by atoms with Crippen molar-refractivity contribution in [2.45, 2.75) is 6.92 Å². The first-order valence-corrected chi connectivity index (χ1v) is 11.8. The third-order valence-electron chi connectivity index (χ3n) is 6.06. The lowest BCUT2D eigenvalue weighted by Gasteiger charge is -2.29. The van der Waals surface area contributed by atoms with Crippen LogP contribution in [0.4, 0.5) is 5.13 Å². The number of aryl methyl sites for hydroxylation is 1. The van der Waals surface area contributed by atoms with E-state index in [4.69, 9.17) is 9.72 Å². The lowest BCUT2D eigenvalue weighted by molar-refractivity contribution is -0.119. The van der Waals surface area contributed by atoms with Gasteiger partial charge in [-0.2, -0.15) is 0 Å². The van der Waals surface area contributed by atoms with Crippen LogP contribution in [0.3, 0.4) is 0 Å². The SMILES string of the molecule is Cc1cccc2sc(N(CCN3CCOCC3)C(=O)CN3C(=O)c4ccccc4C3=O)nc12. The minimum Gasteiger partial charge on any atom is -0.379 e. The van der Waals surface area contributed by atoms with Gasteiger partial charge in [-0.15, -0.1) is 0 Å². The topological polar surface area (TPSA) is 83.0 Å². The van der Waals surface area contributed by atoms with Crippen LogP contribution in [-0.2, 0) is 9.53 Å². The number of morpholine rings is 1. The van der Waals surface area contributed by atoms with E-state index in [1.165, 1.54) is 11.3 Å². The number of anilines is 1. The average Bonchev–Trinajstić information content (AvgIpc) is 3.36. The van der Waals surface area contributed by atoms with E-state index >= 15 is 0 Å². The highest BCUT2D eigenvalue weighted by atomic mass is 32.1. The summed E-state index contributed by atoms with van der Waals surface area (Å²) in [6.45, 7) is 5.70. The average molecular weight is 465 g/mol. The molecule has 0 radical (unpaired) electrons. The number of aromatic nitrogens is 1. The van der Waals surface area contributed by atoms with Gasteiger partial charge in [0, 0.05) is 26.2 Å². The molecule has 1 saturated heterocycles. The van der Waals surface area contributed by atoms with Gasteiger partial charge in [0.05, 0.1) is 34.6 Å². The van der Waals surface area contributed by atoms with Crippen LogP contribution in [0.5, 0.6) is 0 Å². The molecule has 3 heterocycles. The Labute approximate surface area is 195 Å². The summed E-state index contributed by atoms with van der Waals surface area (Å²) in [5.74, 6) is -1.19. The number of carbonyl (C=O) groups excluding carboxylic acids is 3. The summed E-state index contributed by atoms with van der Waals surface area (Å²) in [4.78, 5) is 48.7. The van der Waals surface area contributed by atoms with Crippen molar-refractivity contribution < 1.29 is 19.1 Å². The number of fused-ring (bicyclic) bond motifs is 2. The van der Waals surface area contributed by atoms with E-state index in [1.807, 2.05) is 25.1 Å². The molecule has 2 aliphatic heterocycles. The van der Waals surface area contributed by atoms with Gasteiger partial charge in [-0.05, 0) is 30.7 Å². The van der Waals surface area contributed by atoms with E-state index in [9.17, 15) is 14.4 Å². The minimum absolute atomic E-state index is 0.315. The highest BCUT2D eigenvalue weighted by Gasteiger charge is 2.37. The predicted molar refractivity (Wildman–Crippen MR) is 126 cm³/mol. The molecule has 0 aliphatic carbocycles. The normalized spacial score (nSPS) is 16.5. The fourth-order valence-electron chi connectivity index (χ4n) is 4.19. The molecule has 1 fully saturated rings. The second-order valence-corrected chi connectivity index (χ2v) is 9.17. The molecular weight excluding hydrogens is 440 g/mol. The number of hydrogen-bond acceptors (Lipinski definition) is 7. The Hall–Kier alpha value is -3.14. The van der Waals surface area contributed by atoms with Crippen molar-refractivity contribution in [3.8, 4) is 0 Å². The van der Waals surface area contributed by atoms with Gasteiger partial charge in [-0.1, -0.05) is 35.6 Å². The molecule has 9 heteroatoms. The van der Waals surface area contributed by atoms with Crippen LogP contribution in [0.25, 0.3) is 10.2 Å². The molecule has 33 heavy (non-hydrogen) atoms. The number of ether oxygens (including phenoxy) is 1. The highest BCUT2D eigenvalue weighted by molar-refractivity contribution is 7.22. The van der Waals surface area contributed by atoms with E-state index < -0.39 is 11.8 Å². The molecule has 3 amide bonds. The zero-order chi connectivity index (χ0) is 22.9. The molecule has 170 valence electrons. The zero-order valence-corrected chi connectivity index (χ0v) is 19.1. The fraction of sp³-hybridized carbons (Fsp3) is 0.333. The number of nitrogens with zero attached hydrogens (tertiary/aromatic N) is 4. The third kappa shape index (κ3) is 4.15. The quantitative estimate of drug-likeness (QED) is 0.522. The van der Waals surface area contributed by atoms with E-state index in [0.29, 0.717) is 42.6 Å². The zero-order valence-electron chi connectivity index (χ0n) is 18.3. The molecule has 0 bridgehead atoms. The smallest absolute Gasteiger partial charge is 0.262 e. The summed E-state index contributed by atoms with van der Waals surface area (Å²) in [6, 6.07) is 12.6. The van der Waals surface area contributed by atoms with Crippen molar-refractivity contribution in [2.24, 2.45) is 0 Å². The molecule has 2 aliphatic rings. The van der Waals surface area contributed by atoms with Crippen molar-refractivity contribution >= 4 is 44.4 Å². The van der Waals surface area contributed by atoms with Crippen molar-refractivity contribution in [2.75, 3.05) is 50.8 Å². The molecular formula is C24H24N4O4S. The Kier molecular flexibility index (Phi) is 5.92. The van der Waals surface area contributed by atoms with Crippen molar-refractivity contribution in [1.29, 1.82) is 0 Å². The maximum atomic E-state index is 13.5. The van der Waals surface area contributed by atoms with Gasteiger partial charge < -0.3 is 4.74 Å². The molecule has 8 nitrogen and oxygen atoms in total. The Morgan fingerprint density at radius 1 is 1.06 bits per heavy atom. The van der Waals surface area contributed by atoms with Gasteiger partial charge in [-0.25, -0.2) is 4.98 Å². The lowest BCUT2D eigenvalue weighted by Crippen LogP contribution is -2.47. The van der Waals surface area contributed by atoms with Crippen LogP contribution in [-0.4, -0.2) is 78.4 Å². The van der Waals surface area contributed by atoms with Gasteiger partial charge in [0.1, 0.15) is 6.54 Å². The second-order valence-electron chi connectivity index (χ2n) is 8.16.